The lowest BCUT2D eigenvalue weighted by Crippen LogP contribution is -2.54. The summed E-state index contributed by atoms with van der Waals surface area (Å²) in [5.74, 6) is -1.09. The minimum atomic E-state index is -0.944. The van der Waals surface area contributed by atoms with Crippen LogP contribution in [0.15, 0.2) is 60.7 Å². The Kier molecular flexibility index (Phi) is 9.57. The number of hydrogen-bond acceptors (Lipinski definition) is 5. The van der Waals surface area contributed by atoms with Crippen LogP contribution >= 0.6 is 12.6 Å². The van der Waals surface area contributed by atoms with Gasteiger partial charge in [-0.3, -0.25) is 14.4 Å². The third-order valence-electron chi connectivity index (χ3n) is 4.27. The summed E-state index contributed by atoms with van der Waals surface area (Å²) in [6, 6.07) is 16.3. The van der Waals surface area contributed by atoms with Gasteiger partial charge in [-0.1, -0.05) is 60.7 Å². The predicted molar refractivity (Wildman–Crippen MR) is 118 cm³/mol. The molecule has 9 heteroatoms. The average Bonchev–Trinajstić information content (AvgIpc) is 2.76. The number of nitrogens with one attached hydrogen (secondary N) is 3. The van der Waals surface area contributed by atoms with Gasteiger partial charge >= 0.3 is 6.09 Å². The first-order valence-electron chi connectivity index (χ1n) is 9.66. The lowest BCUT2D eigenvalue weighted by Gasteiger charge is -2.21. The van der Waals surface area contributed by atoms with Crippen LogP contribution in [0.25, 0.3) is 0 Å². The van der Waals surface area contributed by atoms with Gasteiger partial charge in [0.05, 0.1) is 6.54 Å². The van der Waals surface area contributed by atoms with E-state index in [9.17, 15) is 19.2 Å². The fraction of sp³-hybridized carbons (Fsp3) is 0.273. The van der Waals surface area contributed by atoms with Crippen LogP contribution in [0.3, 0.4) is 0 Å². The minimum absolute atomic E-state index is 0.0673. The van der Waals surface area contributed by atoms with Crippen molar-refractivity contribution in [1.29, 1.82) is 0 Å². The van der Waals surface area contributed by atoms with Crippen molar-refractivity contribution in [2.75, 3.05) is 6.54 Å². The SMILES string of the molecule is C[C@H](NC(=O)OCc1ccccc1)C(=O)N[C@@H](Cc1ccccc1)C(=O)NCC(=O)S. The standard InChI is InChI=1S/C22H25N3O5S/c1-15(24-22(29)30-14-17-10-6-3-7-11-17)20(27)25-18(21(28)23-13-19(26)31)12-16-8-4-2-5-9-16/h2-11,15,18H,12-14H2,1H3,(H,23,28)(H,24,29)(H,25,27)(H,26,31)/t15-,18-/m0/s1. The van der Waals surface area contributed by atoms with E-state index in [4.69, 9.17) is 4.74 Å². The molecular weight excluding hydrogens is 418 g/mol. The van der Waals surface area contributed by atoms with Crippen molar-refractivity contribution in [2.24, 2.45) is 0 Å². The third kappa shape index (κ3) is 8.91. The molecule has 8 nitrogen and oxygen atoms in total. The number of carbonyl (C=O) groups excluding carboxylic acids is 4. The summed E-state index contributed by atoms with van der Waals surface area (Å²) in [7, 11) is 0. The van der Waals surface area contributed by atoms with Gasteiger partial charge in [0.25, 0.3) is 0 Å². The number of rotatable bonds is 10. The molecule has 164 valence electrons. The molecule has 0 radical (unpaired) electrons. The van der Waals surface area contributed by atoms with E-state index in [0.717, 1.165) is 11.1 Å². The lowest BCUT2D eigenvalue weighted by atomic mass is 10.0. The van der Waals surface area contributed by atoms with Crippen LogP contribution < -0.4 is 16.0 Å². The second kappa shape index (κ2) is 12.4. The van der Waals surface area contributed by atoms with Crippen LogP contribution in [0.1, 0.15) is 18.1 Å². The van der Waals surface area contributed by atoms with Crippen LogP contribution in [-0.4, -0.2) is 41.7 Å². The molecule has 3 amide bonds. The summed E-state index contributed by atoms with van der Waals surface area (Å²) in [4.78, 5) is 48.0. The Balaban J connectivity index is 1.92. The van der Waals surface area contributed by atoms with Crippen molar-refractivity contribution in [2.45, 2.75) is 32.0 Å². The topological polar surface area (TPSA) is 114 Å². The molecule has 3 N–H and O–H groups in total. The Hall–Kier alpha value is -3.33. The van der Waals surface area contributed by atoms with Gasteiger partial charge in [0, 0.05) is 6.42 Å². The number of amides is 3. The summed E-state index contributed by atoms with van der Waals surface area (Å²) in [5, 5.41) is 6.98. The molecule has 0 aliphatic heterocycles. The molecule has 0 aliphatic carbocycles. The van der Waals surface area contributed by atoms with Gasteiger partial charge < -0.3 is 20.7 Å². The van der Waals surface area contributed by atoms with E-state index in [-0.39, 0.29) is 19.6 Å². The fourth-order valence-corrected chi connectivity index (χ4v) is 2.73. The van der Waals surface area contributed by atoms with Crippen molar-refractivity contribution >= 4 is 35.7 Å². The summed E-state index contributed by atoms with van der Waals surface area (Å²) >= 11 is 3.62. The van der Waals surface area contributed by atoms with Crippen molar-refractivity contribution in [3.05, 3.63) is 71.8 Å². The van der Waals surface area contributed by atoms with Crippen LogP contribution in [0.2, 0.25) is 0 Å². The van der Waals surface area contributed by atoms with Gasteiger partial charge in [0.15, 0.2) is 0 Å². The van der Waals surface area contributed by atoms with Crippen molar-refractivity contribution in [3.8, 4) is 0 Å². The molecule has 0 unspecified atom stereocenters. The molecule has 2 aromatic carbocycles. The zero-order valence-corrected chi connectivity index (χ0v) is 17.9. The largest absolute Gasteiger partial charge is 0.445 e. The number of hydrogen-bond donors (Lipinski definition) is 4. The number of carbonyl (C=O) groups is 4. The van der Waals surface area contributed by atoms with E-state index in [1.807, 2.05) is 60.7 Å². The first kappa shape index (κ1) is 23.9. The smallest absolute Gasteiger partial charge is 0.408 e. The van der Waals surface area contributed by atoms with E-state index < -0.39 is 35.1 Å². The maximum atomic E-state index is 12.6. The minimum Gasteiger partial charge on any atom is -0.445 e. The van der Waals surface area contributed by atoms with E-state index in [1.165, 1.54) is 6.92 Å². The molecule has 0 saturated carbocycles. The molecule has 0 heterocycles. The van der Waals surface area contributed by atoms with Crippen LogP contribution in [-0.2, 0) is 32.1 Å². The second-order valence-corrected chi connectivity index (χ2v) is 7.29. The van der Waals surface area contributed by atoms with E-state index >= 15 is 0 Å². The quantitative estimate of drug-likeness (QED) is 0.417. The van der Waals surface area contributed by atoms with Gasteiger partial charge in [0.2, 0.25) is 16.9 Å². The monoisotopic (exact) mass is 443 g/mol. The van der Waals surface area contributed by atoms with Gasteiger partial charge in [-0.15, -0.1) is 12.6 Å². The highest BCUT2D eigenvalue weighted by Crippen LogP contribution is 2.05. The molecular formula is C22H25N3O5S. The number of benzene rings is 2. The third-order valence-corrected chi connectivity index (χ3v) is 4.43. The molecule has 0 spiro atoms. The Morgan fingerprint density at radius 1 is 0.871 bits per heavy atom. The molecule has 2 rings (SSSR count). The van der Waals surface area contributed by atoms with Gasteiger partial charge in [0.1, 0.15) is 18.7 Å². The predicted octanol–water partition coefficient (Wildman–Crippen LogP) is 1.60. The highest BCUT2D eigenvalue weighted by molar-refractivity contribution is 7.96. The number of alkyl carbamates (subject to hydrolysis) is 1. The van der Waals surface area contributed by atoms with E-state index in [0.29, 0.717) is 0 Å². The van der Waals surface area contributed by atoms with Gasteiger partial charge in [-0.25, -0.2) is 4.79 Å². The second-order valence-electron chi connectivity index (χ2n) is 6.79. The lowest BCUT2D eigenvalue weighted by molar-refractivity contribution is -0.130. The van der Waals surface area contributed by atoms with Crippen LogP contribution in [0, 0.1) is 0 Å². The normalized spacial score (nSPS) is 12.2. The Morgan fingerprint density at radius 2 is 1.45 bits per heavy atom. The molecule has 0 aliphatic rings. The first-order valence-corrected chi connectivity index (χ1v) is 10.1. The number of ether oxygens (including phenoxy) is 1. The highest BCUT2D eigenvalue weighted by Gasteiger charge is 2.25. The van der Waals surface area contributed by atoms with E-state index in [1.54, 1.807) is 0 Å². The first-order chi connectivity index (χ1) is 14.8. The Labute approximate surface area is 186 Å². The fourth-order valence-electron chi connectivity index (χ4n) is 2.65. The van der Waals surface area contributed by atoms with Crippen molar-refractivity contribution < 1.29 is 23.9 Å². The maximum Gasteiger partial charge on any atom is 0.408 e. The molecule has 0 saturated heterocycles. The molecule has 0 bridgehead atoms. The summed E-state index contributed by atoms with van der Waals surface area (Å²) in [5.41, 5.74) is 1.64. The highest BCUT2D eigenvalue weighted by atomic mass is 32.1. The van der Waals surface area contributed by atoms with Crippen molar-refractivity contribution in [3.63, 3.8) is 0 Å². The van der Waals surface area contributed by atoms with E-state index in [2.05, 4.69) is 28.6 Å². The van der Waals surface area contributed by atoms with Gasteiger partial charge in [-0.05, 0) is 18.1 Å². The average molecular weight is 444 g/mol. The van der Waals surface area contributed by atoms with Crippen molar-refractivity contribution in [1.82, 2.24) is 16.0 Å². The molecule has 31 heavy (non-hydrogen) atoms. The van der Waals surface area contributed by atoms with Gasteiger partial charge in [-0.2, -0.15) is 0 Å². The maximum absolute atomic E-state index is 12.6. The van der Waals surface area contributed by atoms with Crippen LogP contribution in [0.5, 0.6) is 0 Å². The zero-order chi connectivity index (χ0) is 22.6. The molecule has 2 aromatic rings. The molecule has 2 atom stereocenters. The zero-order valence-electron chi connectivity index (χ0n) is 17.0. The number of thiol groups is 1. The summed E-state index contributed by atoms with van der Waals surface area (Å²) in [6.07, 6.45) is -0.541. The Morgan fingerprint density at radius 3 is 2.03 bits per heavy atom. The molecule has 0 fully saturated rings. The van der Waals surface area contributed by atoms with Crippen LogP contribution in [0.4, 0.5) is 4.79 Å². The summed E-state index contributed by atoms with van der Waals surface area (Å²) in [6.45, 7) is 1.29. The summed E-state index contributed by atoms with van der Waals surface area (Å²) < 4.78 is 5.11. The Bertz CT molecular complexity index is 893. The molecule has 0 aromatic heterocycles.